The molecule has 0 aromatic heterocycles. The monoisotopic (exact) mass is 196 g/mol. The summed E-state index contributed by atoms with van der Waals surface area (Å²) in [5.41, 5.74) is 6.59. The summed E-state index contributed by atoms with van der Waals surface area (Å²) in [5.74, 6) is 0.508. The number of nitrogens with two attached hydrogens (primary N) is 1. The Morgan fingerprint density at radius 3 is 2.54 bits per heavy atom. The second kappa shape index (κ2) is 4.77. The fraction of sp³-hybridized carbons (Fsp3) is 0.200. The quantitative estimate of drug-likeness (QED) is 0.772. The third kappa shape index (κ3) is 3.85. The highest BCUT2D eigenvalue weighted by Gasteiger charge is 1.92. The van der Waals surface area contributed by atoms with E-state index in [0.717, 1.165) is 18.0 Å². The number of hydrogen-bond acceptors (Lipinski definition) is 2. The van der Waals surface area contributed by atoms with Crippen molar-refractivity contribution in [3.05, 3.63) is 47.3 Å². The Morgan fingerprint density at radius 1 is 1.38 bits per heavy atom. The molecule has 0 aliphatic carbocycles. The number of hydrogen-bond donors (Lipinski definition) is 2. The van der Waals surface area contributed by atoms with Gasteiger partial charge in [0.1, 0.15) is 0 Å². The van der Waals surface area contributed by atoms with E-state index in [1.54, 1.807) is 0 Å². The fourth-order valence-corrected chi connectivity index (χ4v) is 1.14. The SMILES string of the molecule is C=C(N)NCCc1ccc(Cl)cc1. The molecule has 0 aliphatic heterocycles. The lowest BCUT2D eigenvalue weighted by Gasteiger charge is -2.04. The van der Waals surface area contributed by atoms with Crippen LogP contribution in [0.3, 0.4) is 0 Å². The van der Waals surface area contributed by atoms with Gasteiger partial charge in [-0.3, -0.25) is 0 Å². The molecule has 13 heavy (non-hydrogen) atoms. The van der Waals surface area contributed by atoms with Crippen molar-refractivity contribution in [3.8, 4) is 0 Å². The maximum Gasteiger partial charge on any atom is 0.0885 e. The van der Waals surface area contributed by atoms with E-state index in [-0.39, 0.29) is 0 Å². The number of rotatable bonds is 4. The highest BCUT2D eigenvalue weighted by atomic mass is 35.5. The van der Waals surface area contributed by atoms with Crippen molar-refractivity contribution in [2.45, 2.75) is 6.42 Å². The van der Waals surface area contributed by atoms with Gasteiger partial charge in [-0.05, 0) is 24.1 Å². The Labute approximate surface area is 83.4 Å². The molecule has 0 saturated carbocycles. The number of nitrogens with one attached hydrogen (secondary N) is 1. The average molecular weight is 197 g/mol. The van der Waals surface area contributed by atoms with Crippen LogP contribution >= 0.6 is 11.6 Å². The van der Waals surface area contributed by atoms with Gasteiger partial charge < -0.3 is 11.1 Å². The van der Waals surface area contributed by atoms with Crippen molar-refractivity contribution in [1.29, 1.82) is 0 Å². The number of benzene rings is 1. The zero-order chi connectivity index (χ0) is 9.68. The summed E-state index contributed by atoms with van der Waals surface area (Å²) in [6.45, 7) is 4.35. The molecule has 0 bridgehead atoms. The van der Waals surface area contributed by atoms with E-state index in [1.807, 2.05) is 24.3 Å². The molecule has 0 fully saturated rings. The maximum atomic E-state index is 5.75. The molecule has 1 aromatic rings. The lowest BCUT2D eigenvalue weighted by atomic mass is 10.1. The predicted octanol–water partition coefficient (Wildman–Crippen LogP) is 1.90. The molecule has 0 spiro atoms. The Hall–Kier alpha value is -1.15. The summed E-state index contributed by atoms with van der Waals surface area (Å²) in [6.07, 6.45) is 0.924. The summed E-state index contributed by atoms with van der Waals surface area (Å²) in [7, 11) is 0. The first kappa shape index (κ1) is 9.93. The highest BCUT2D eigenvalue weighted by molar-refractivity contribution is 6.30. The topological polar surface area (TPSA) is 38.0 Å². The molecule has 2 nitrogen and oxygen atoms in total. The lowest BCUT2D eigenvalue weighted by Crippen LogP contribution is -2.21. The molecule has 0 aliphatic rings. The first-order valence-corrected chi connectivity index (χ1v) is 4.49. The molecule has 70 valence electrons. The average Bonchev–Trinajstić information content (AvgIpc) is 2.08. The third-order valence-electron chi connectivity index (χ3n) is 1.68. The van der Waals surface area contributed by atoms with Crippen LogP contribution in [0.2, 0.25) is 5.02 Å². The minimum atomic E-state index is 0.508. The van der Waals surface area contributed by atoms with Crippen LogP contribution in [0, 0.1) is 0 Å². The van der Waals surface area contributed by atoms with Crippen LogP contribution < -0.4 is 11.1 Å². The van der Waals surface area contributed by atoms with Crippen LogP contribution in [0.5, 0.6) is 0 Å². The standard InChI is InChI=1S/C10H13ClN2/c1-8(12)13-7-6-9-2-4-10(11)5-3-9/h2-5,13H,1,6-7,12H2. The van der Waals surface area contributed by atoms with Crippen LogP contribution in [0.25, 0.3) is 0 Å². The van der Waals surface area contributed by atoms with Gasteiger partial charge in [-0.15, -0.1) is 0 Å². The summed E-state index contributed by atoms with van der Waals surface area (Å²) in [5, 5.41) is 3.72. The molecule has 0 radical (unpaired) electrons. The van der Waals surface area contributed by atoms with Gasteiger partial charge in [-0.1, -0.05) is 30.3 Å². The Morgan fingerprint density at radius 2 is 2.00 bits per heavy atom. The Kier molecular flexibility index (Phi) is 3.65. The minimum Gasteiger partial charge on any atom is -0.386 e. The zero-order valence-corrected chi connectivity index (χ0v) is 8.14. The molecule has 0 amide bonds. The molecule has 0 heterocycles. The van der Waals surface area contributed by atoms with E-state index in [9.17, 15) is 0 Å². The smallest absolute Gasteiger partial charge is 0.0885 e. The van der Waals surface area contributed by atoms with E-state index in [2.05, 4.69) is 11.9 Å². The van der Waals surface area contributed by atoms with Gasteiger partial charge in [-0.25, -0.2) is 0 Å². The van der Waals surface area contributed by atoms with Crippen molar-refractivity contribution in [2.75, 3.05) is 6.54 Å². The fourth-order valence-electron chi connectivity index (χ4n) is 1.02. The van der Waals surface area contributed by atoms with E-state index in [1.165, 1.54) is 5.56 Å². The third-order valence-corrected chi connectivity index (χ3v) is 1.93. The molecular weight excluding hydrogens is 184 g/mol. The van der Waals surface area contributed by atoms with Crippen molar-refractivity contribution < 1.29 is 0 Å². The van der Waals surface area contributed by atoms with Crippen molar-refractivity contribution in [2.24, 2.45) is 5.73 Å². The van der Waals surface area contributed by atoms with Gasteiger partial charge in [-0.2, -0.15) is 0 Å². The van der Waals surface area contributed by atoms with E-state index in [4.69, 9.17) is 17.3 Å². The molecule has 1 aromatic carbocycles. The van der Waals surface area contributed by atoms with E-state index in [0.29, 0.717) is 5.82 Å². The van der Waals surface area contributed by atoms with Crippen LogP contribution in [0.15, 0.2) is 36.7 Å². The van der Waals surface area contributed by atoms with Gasteiger partial charge in [0, 0.05) is 11.6 Å². The molecule has 3 N–H and O–H groups in total. The van der Waals surface area contributed by atoms with Gasteiger partial charge in [0.2, 0.25) is 0 Å². The van der Waals surface area contributed by atoms with Crippen molar-refractivity contribution in [3.63, 3.8) is 0 Å². The van der Waals surface area contributed by atoms with Gasteiger partial charge in [0.25, 0.3) is 0 Å². The van der Waals surface area contributed by atoms with Crippen LogP contribution in [-0.4, -0.2) is 6.54 Å². The van der Waals surface area contributed by atoms with E-state index < -0.39 is 0 Å². The van der Waals surface area contributed by atoms with Gasteiger partial charge in [0.05, 0.1) is 5.82 Å². The lowest BCUT2D eigenvalue weighted by molar-refractivity contribution is 0.782. The Balaban J connectivity index is 2.37. The van der Waals surface area contributed by atoms with Crippen LogP contribution in [0.1, 0.15) is 5.56 Å². The second-order valence-corrected chi connectivity index (χ2v) is 3.26. The second-order valence-electron chi connectivity index (χ2n) is 2.83. The number of halogens is 1. The van der Waals surface area contributed by atoms with Crippen LogP contribution in [0.4, 0.5) is 0 Å². The maximum absolute atomic E-state index is 5.75. The Bertz CT molecular complexity index is 279. The first-order chi connectivity index (χ1) is 6.18. The van der Waals surface area contributed by atoms with Crippen LogP contribution in [-0.2, 0) is 6.42 Å². The minimum absolute atomic E-state index is 0.508. The summed E-state index contributed by atoms with van der Waals surface area (Å²) >= 11 is 5.75. The molecule has 3 heteroatoms. The molecule has 0 unspecified atom stereocenters. The normalized spacial score (nSPS) is 9.62. The predicted molar refractivity (Wildman–Crippen MR) is 56.5 cm³/mol. The summed E-state index contributed by atoms with van der Waals surface area (Å²) < 4.78 is 0. The van der Waals surface area contributed by atoms with E-state index >= 15 is 0 Å². The summed E-state index contributed by atoms with van der Waals surface area (Å²) in [4.78, 5) is 0. The largest absolute Gasteiger partial charge is 0.386 e. The molecular formula is C10H13ClN2. The molecule has 0 atom stereocenters. The van der Waals surface area contributed by atoms with Crippen molar-refractivity contribution in [1.82, 2.24) is 5.32 Å². The van der Waals surface area contributed by atoms with Crippen molar-refractivity contribution >= 4 is 11.6 Å². The molecule has 0 saturated heterocycles. The highest BCUT2D eigenvalue weighted by Crippen LogP contribution is 2.09. The summed E-state index contributed by atoms with van der Waals surface area (Å²) in [6, 6.07) is 7.77. The van der Waals surface area contributed by atoms with Gasteiger partial charge in [0.15, 0.2) is 0 Å². The first-order valence-electron chi connectivity index (χ1n) is 4.11. The molecule has 1 rings (SSSR count). The zero-order valence-electron chi connectivity index (χ0n) is 7.39. The van der Waals surface area contributed by atoms with Gasteiger partial charge >= 0.3 is 0 Å².